The molecular formula is C20H30N4O2. The Morgan fingerprint density at radius 3 is 2.50 bits per heavy atom. The molecule has 0 spiro atoms. The summed E-state index contributed by atoms with van der Waals surface area (Å²) in [5, 5.41) is 3.02. The number of nitrogens with zero attached hydrogens (tertiary/aromatic N) is 3. The molecule has 1 atom stereocenters. The van der Waals surface area contributed by atoms with Crippen LogP contribution in [0.15, 0.2) is 24.5 Å². The third-order valence-corrected chi connectivity index (χ3v) is 5.63. The van der Waals surface area contributed by atoms with Gasteiger partial charge in [-0.3, -0.25) is 9.78 Å². The highest BCUT2D eigenvalue weighted by Gasteiger charge is 2.26. The molecule has 2 aliphatic rings. The Labute approximate surface area is 156 Å². The summed E-state index contributed by atoms with van der Waals surface area (Å²) in [6, 6.07) is 3.68. The molecule has 1 aliphatic heterocycles. The smallest absolute Gasteiger partial charge is 0.317 e. The van der Waals surface area contributed by atoms with Crippen molar-refractivity contribution in [2.24, 2.45) is 5.92 Å². The van der Waals surface area contributed by atoms with Crippen LogP contribution in [0.4, 0.5) is 4.79 Å². The van der Waals surface area contributed by atoms with Gasteiger partial charge in [0.2, 0.25) is 5.91 Å². The van der Waals surface area contributed by atoms with E-state index in [1.807, 2.05) is 24.0 Å². The van der Waals surface area contributed by atoms with Crippen molar-refractivity contribution in [1.82, 2.24) is 20.1 Å². The number of carbonyl (C=O) groups excluding carboxylic acids is 2. The summed E-state index contributed by atoms with van der Waals surface area (Å²) in [6.45, 7) is 4.43. The molecule has 1 aromatic rings. The van der Waals surface area contributed by atoms with Crippen molar-refractivity contribution in [3.05, 3.63) is 30.1 Å². The summed E-state index contributed by atoms with van der Waals surface area (Å²) < 4.78 is 0. The molecule has 6 nitrogen and oxygen atoms in total. The van der Waals surface area contributed by atoms with Crippen LogP contribution in [-0.4, -0.2) is 52.9 Å². The minimum Gasteiger partial charge on any atom is -0.339 e. The van der Waals surface area contributed by atoms with Crippen LogP contribution in [0.1, 0.15) is 57.1 Å². The average molecular weight is 358 g/mol. The van der Waals surface area contributed by atoms with Crippen molar-refractivity contribution in [2.75, 3.05) is 26.2 Å². The Hall–Kier alpha value is -2.11. The molecule has 26 heavy (non-hydrogen) atoms. The van der Waals surface area contributed by atoms with E-state index in [1.54, 1.807) is 17.3 Å². The first-order chi connectivity index (χ1) is 12.6. The zero-order valence-corrected chi connectivity index (χ0v) is 15.7. The van der Waals surface area contributed by atoms with E-state index >= 15 is 0 Å². The molecule has 3 amide bonds. The maximum atomic E-state index is 12.5. The van der Waals surface area contributed by atoms with E-state index in [0.717, 1.165) is 5.56 Å². The molecular weight excluding hydrogens is 328 g/mol. The predicted molar refractivity (Wildman–Crippen MR) is 101 cm³/mol. The summed E-state index contributed by atoms with van der Waals surface area (Å²) in [5.74, 6) is 0.832. The number of rotatable bonds is 4. The molecule has 1 unspecified atom stereocenters. The normalized spacial score (nSPS) is 19.9. The van der Waals surface area contributed by atoms with Gasteiger partial charge in [0.1, 0.15) is 0 Å². The molecule has 2 heterocycles. The SMILES string of the molecule is CC(NC(=O)N1CCN(C(=O)CC2CCCCC2)CC1)c1cccnc1. The second-order valence-corrected chi connectivity index (χ2v) is 7.53. The first-order valence-corrected chi connectivity index (χ1v) is 9.86. The van der Waals surface area contributed by atoms with Gasteiger partial charge in [-0.05, 0) is 37.3 Å². The molecule has 6 heteroatoms. The lowest BCUT2D eigenvalue weighted by atomic mass is 9.86. The molecule has 3 rings (SSSR count). The lowest BCUT2D eigenvalue weighted by Crippen LogP contribution is -2.53. The molecule has 1 N–H and O–H groups in total. The van der Waals surface area contributed by atoms with Crippen LogP contribution < -0.4 is 5.32 Å². The van der Waals surface area contributed by atoms with Crippen molar-refractivity contribution in [3.8, 4) is 0 Å². The van der Waals surface area contributed by atoms with Gasteiger partial charge in [0, 0.05) is 45.0 Å². The van der Waals surface area contributed by atoms with Crippen LogP contribution in [-0.2, 0) is 4.79 Å². The Morgan fingerprint density at radius 1 is 1.15 bits per heavy atom. The van der Waals surface area contributed by atoms with E-state index in [4.69, 9.17) is 0 Å². The number of nitrogens with one attached hydrogen (secondary N) is 1. The van der Waals surface area contributed by atoms with Gasteiger partial charge in [-0.2, -0.15) is 0 Å². The van der Waals surface area contributed by atoms with Gasteiger partial charge in [-0.1, -0.05) is 25.3 Å². The van der Waals surface area contributed by atoms with Crippen molar-refractivity contribution in [3.63, 3.8) is 0 Å². The molecule has 0 bridgehead atoms. The van der Waals surface area contributed by atoms with E-state index in [1.165, 1.54) is 32.1 Å². The quantitative estimate of drug-likeness (QED) is 0.900. The van der Waals surface area contributed by atoms with E-state index in [2.05, 4.69) is 10.3 Å². The molecule has 142 valence electrons. The highest BCUT2D eigenvalue weighted by atomic mass is 16.2. The van der Waals surface area contributed by atoms with Gasteiger partial charge in [-0.15, -0.1) is 0 Å². The van der Waals surface area contributed by atoms with Gasteiger partial charge in [-0.25, -0.2) is 4.79 Å². The third-order valence-electron chi connectivity index (χ3n) is 5.63. The fourth-order valence-electron chi connectivity index (χ4n) is 3.92. The van der Waals surface area contributed by atoms with E-state index in [-0.39, 0.29) is 18.0 Å². The Bertz CT molecular complexity index is 593. The zero-order chi connectivity index (χ0) is 18.4. The van der Waals surface area contributed by atoms with Gasteiger partial charge in [0.15, 0.2) is 0 Å². The number of hydrogen-bond donors (Lipinski definition) is 1. The van der Waals surface area contributed by atoms with Gasteiger partial charge >= 0.3 is 6.03 Å². The molecule has 1 aliphatic carbocycles. The molecule has 1 saturated carbocycles. The van der Waals surface area contributed by atoms with Crippen molar-refractivity contribution >= 4 is 11.9 Å². The van der Waals surface area contributed by atoms with E-state index < -0.39 is 0 Å². The van der Waals surface area contributed by atoms with E-state index in [9.17, 15) is 9.59 Å². The minimum absolute atomic E-state index is 0.0688. The highest BCUT2D eigenvalue weighted by molar-refractivity contribution is 5.78. The number of carbonyl (C=O) groups is 2. The van der Waals surface area contributed by atoms with Crippen LogP contribution in [0, 0.1) is 5.92 Å². The van der Waals surface area contributed by atoms with Crippen molar-refractivity contribution in [1.29, 1.82) is 0 Å². The lowest BCUT2D eigenvalue weighted by Gasteiger charge is -2.36. The lowest BCUT2D eigenvalue weighted by molar-refractivity contribution is -0.133. The number of aromatic nitrogens is 1. The largest absolute Gasteiger partial charge is 0.339 e. The average Bonchev–Trinajstić information content (AvgIpc) is 2.69. The fourth-order valence-corrected chi connectivity index (χ4v) is 3.92. The van der Waals surface area contributed by atoms with Crippen molar-refractivity contribution < 1.29 is 9.59 Å². The highest BCUT2D eigenvalue weighted by Crippen LogP contribution is 2.27. The summed E-state index contributed by atoms with van der Waals surface area (Å²) in [4.78, 5) is 32.8. The molecule has 0 aromatic carbocycles. The number of piperazine rings is 1. The maximum Gasteiger partial charge on any atom is 0.317 e. The summed E-state index contributed by atoms with van der Waals surface area (Å²) in [7, 11) is 0. The predicted octanol–water partition coefficient (Wildman–Crippen LogP) is 2.97. The third kappa shape index (κ3) is 4.96. The first-order valence-electron chi connectivity index (χ1n) is 9.86. The van der Waals surface area contributed by atoms with Crippen LogP contribution in [0.25, 0.3) is 0 Å². The van der Waals surface area contributed by atoms with Crippen LogP contribution in [0.2, 0.25) is 0 Å². The maximum absolute atomic E-state index is 12.5. The molecule has 2 fully saturated rings. The molecule has 0 radical (unpaired) electrons. The molecule has 1 aromatic heterocycles. The van der Waals surface area contributed by atoms with Crippen molar-refractivity contribution in [2.45, 2.75) is 51.5 Å². The second kappa shape index (κ2) is 9.01. The van der Waals surface area contributed by atoms with Gasteiger partial charge in [0.25, 0.3) is 0 Å². The number of amides is 3. The Morgan fingerprint density at radius 2 is 1.85 bits per heavy atom. The van der Waals surface area contributed by atoms with Crippen LogP contribution in [0.5, 0.6) is 0 Å². The first kappa shape index (κ1) is 18.7. The summed E-state index contributed by atoms with van der Waals surface area (Å²) in [5.41, 5.74) is 0.988. The number of hydrogen-bond acceptors (Lipinski definition) is 3. The molecule has 1 saturated heterocycles. The Balaban J connectivity index is 1.42. The summed E-state index contributed by atoms with van der Waals surface area (Å²) in [6.07, 6.45) is 10.4. The van der Waals surface area contributed by atoms with Gasteiger partial charge in [0.05, 0.1) is 6.04 Å². The zero-order valence-electron chi connectivity index (χ0n) is 15.7. The summed E-state index contributed by atoms with van der Waals surface area (Å²) >= 11 is 0. The second-order valence-electron chi connectivity index (χ2n) is 7.53. The minimum atomic E-state index is -0.0813. The standard InChI is InChI=1S/C20H30N4O2/c1-16(18-8-5-9-21-15-18)22-20(26)24-12-10-23(11-13-24)19(25)14-17-6-3-2-4-7-17/h5,8-9,15-17H,2-4,6-7,10-14H2,1H3,(H,22,26). The Kier molecular flexibility index (Phi) is 6.47. The van der Waals surface area contributed by atoms with E-state index in [0.29, 0.717) is 38.5 Å². The topological polar surface area (TPSA) is 65.5 Å². The monoisotopic (exact) mass is 358 g/mol. The fraction of sp³-hybridized carbons (Fsp3) is 0.650. The number of pyridine rings is 1. The number of urea groups is 1. The van der Waals surface area contributed by atoms with Crippen LogP contribution in [0.3, 0.4) is 0 Å². The van der Waals surface area contributed by atoms with Gasteiger partial charge < -0.3 is 15.1 Å². The van der Waals surface area contributed by atoms with Crippen LogP contribution >= 0.6 is 0 Å².